The Morgan fingerprint density at radius 1 is 1.13 bits per heavy atom. The maximum absolute atomic E-state index is 13.1. The largest absolute Gasteiger partial charge is 0.416 e. The summed E-state index contributed by atoms with van der Waals surface area (Å²) in [5.41, 5.74) is 0.711. The number of benzene rings is 2. The van der Waals surface area contributed by atoms with Crippen LogP contribution < -0.4 is 5.01 Å². The van der Waals surface area contributed by atoms with Crippen LogP contribution in [0.25, 0.3) is 10.2 Å². The molecule has 4 rings (SSSR count). The van der Waals surface area contributed by atoms with Crippen molar-refractivity contribution >= 4 is 50.1 Å². The van der Waals surface area contributed by atoms with Crippen molar-refractivity contribution in [1.29, 1.82) is 0 Å². The second-order valence-electron chi connectivity index (χ2n) is 6.42. The standard InChI is InChI=1S/C21H14F3N3OS2/c1-13-7-8-17-18(10-13)30-20(26-17)27(25-12-16-6-3-9-29-16)19(28)14-4-2-5-15(11-14)21(22,23)24/h2-12H,1H3/b25-12+. The van der Waals surface area contributed by atoms with Crippen LogP contribution in [0.15, 0.2) is 65.1 Å². The van der Waals surface area contributed by atoms with Crippen molar-refractivity contribution in [1.82, 2.24) is 4.98 Å². The molecule has 152 valence electrons. The van der Waals surface area contributed by atoms with Crippen LogP contribution in [0.3, 0.4) is 0 Å². The molecular weight excluding hydrogens is 431 g/mol. The fourth-order valence-electron chi connectivity index (χ4n) is 2.73. The molecule has 0 unspecified atom stereocenters. The molecule has 4 nitrogen and oxygen atoms in total. The summed E-state index contributed by atoms with van der Waals surface area (Å²) in [4.78, 5) is 18.4. The smallest absolute Gasteiger partial charge is 0.267 e. The summed E-state index contributed by atoms with van der Waals surface area (Å²) in [5, 5.41) is 7.45. The number of hydrogen-bond donors (Lipinski definition) is 0. The fraction of sp³-hybridized carbons (Fsp3) is 0.0952. The Morgan fingerprint density at radius 2 is 1.97 bits per heavy atom. The predicted octanol–water partition coefficient (Wildman–Crippen LogP) is 6.37. The molecule has 0 saturated heterocycles. The Balaban J connectivity index is 1.77. The van der Waals surface area contributed by atoms with Crippen LogP contribution in [0, 0.1) is 6.92 Å². The van der Waals surface area contributed by atoms with Crippen LogP contribution in [-0.4, -0.2) is 17.1 Å². The van der Waals surface area contributed by atoms with Crippen LogP contribution in [0.5, 0.6) is 0 Å². The number of aromatic nitrogens is 1. The van der Waals surface area contributed by atoms with Gasteiger partial charge in [-0.1, -0.05) is 29.5 Å². The Labute approximate surface area is 177 Å². The summed E-state index contributed by atoms with van der Waals surface area (Å²) in [6.07, 6.45) is -3.05. The number of alkyl halides is 3. The zero-order chi connectivity index (χ0) is 21.3. The number of halogens is 3. The molecule has 0 radical (unpaired) electrons. The van der Waals surface area contributed by atoms with Gasteiger partial charge in [0.25, 0.3) is 5.91 Å². The quantitative estimate of drug-likeness (QED) is 0.271. The van der Waals surface area contributed by atoms with E-state index in [4.69, 9.17) is 0 Å². The minimum atomic E-state index is -4.55. The lowest BCUT2D eigenvalue weighted by Gasteiger charge is -2.15. The number of amides is 1. The second kappa shape index (κ2) is 8.00. The van der Waals surface area contributed by atoms with E-state index < -0.39 is 17.6 Å². The van der Waals surface area contributed by atoms with Crippen molar-refractivity contribution in [2.24, 2.45) is 5.10 Å². The van der Waals surface area contributed by atoms with Gasteiger partial charge in [0.05, 0.1) is 22.0 Å². The lowest BCUT2D eigenvalue weighted by atomic mass is 10.1. The molecule has 2 heterocycles. The van der Waals surface area contributed by atoms with Gasteiger partial charge in [0.15, 0.2) is 0 Å². The third-order valence-electron chi connectivity index (χ3n) is 4.19. The first-order valence-corrected chi connectivity index (χ1v) is 10.5. The summed E-state index contributed by atoms with van der Waals surface area (Å²) in [6.45, 7) is 1.94. The third kappa shape index (κ3) is 4.27. The van der Waals surface area contributed by atoms with Crippen molar-refractivity contribution < 1.29 is 18.0 Å². The number of nitrogens with zero attached hydrogens (tertiary/aromatic N) is 3. The SMILES string of the molecule is Cc1ccc2nc(N(/N=C/c3cccs3)C(=O)c3cccc(C(F)(F)F)c3)sc2c1. The molecule has 2 aromatic heterocycles. The van der Waals surface area contributed by atoms with Crippen molar-refractivity contribution in [3.8, 4) is 0 Å². The minimum Gasteiger partial charge on any atom is -0.267 e. The van der Waals surface area contributed by atoms with Crippen LogP contribution in [-0.2, 0) is 6.18 Å². The minimum absolute atomic E-state index is 0.122. The average molecular weight is 445 g/mol. The van der Waals surface area contributed by atoms with Crippen molar-refractivity contribution in [3.05, 3.63) is 81.5 Å². The molecule has 0 aliphatic rings. The highest BCUT2D eigenvalue weighted by molar-refractivity contribution is 7.22. The van der Waals surface area contributed by atoms with E-state index >= 15 is 0 Å². The highest BCUT2D eigenvalue weighted by Gasteiger charge is 2.31. The van der Waals surface area contributed by atoms with Gasteiger partial charge >= 0.3 is 6.18 Å². The zero-order valence-corrected chi connectivity index (χ0v) is 17.2. The molecule has 0 aliphatic carbocycles. The fourth-order valence-corrected chi connectivity index (χ4v) is 4.33. The normalized spacial score (nSPS) is 12.0. The molecule has 9 heteroatoms. The number of hydrogen-bond acceptors (Lipinski definition) is 5. The number of thiazole rings is 1. The van der Waals surface area contributed by atoms with Gasteiger partial charge in [-0.3, -0.25) is 4.79 Å². The Morgan fingerprint density at radius 3 is 2.70 bits per heavy atom. The number of thiophene rings is 1. The topological polar surface area (TPSA) is 45.6 Å². The maximum atomic E-state index is 13.1. The maximum Gasteiger partial charge on any atom is 0.416 e. The molecule has 0 saturated carbocycles. The van der Waals surface area contributed by atoms with Gasteiger partial charge in [-0.25, -0.2) is 4.98 Å². The Hall–Kier alpha value is -3.04. The summed E-state index contributed by atoms with van der Waals surface area (Å²) in [6, 6.07) is 13.6. The number of fused-ring (bicyclic) bond motifs is 1. The Bertz CT molecular complexity index is 1230. The molecule has 2 aromatic carbocycles. The molecule has 0 aliphatic heterocycles. The van der Waals surface area contributed by atoms with E-state index in [1.54, 1.807) is 0 Å². The van der Waals surface area contributed by atoms with Gasteiger partial charge in [0.2, 0.25) is 5.13 Å². The second-order valence-corrected chi connectivity index (χ2v) is 8.41. The zero-order valence-electron chi connectivity index (χ0n) is 15.6. The van der Waals surface area contributed by atoms with E-state index in [0.717, 1.165) is 32.3 Å². The molecule has 0 N–H and O–H groups in total. The van der Waals surface area contributed by atoms with E-state index in [-0.39, 0.29) is 10.7 Å². The van der Waals surface area contributed by atoms with Gasteiger partial charge in [0, 0.05) is 10.4 Å². The van der Waals surface area contributed by atoms with Crippen LogP contribution in [0.1, 0.15) is 26.4 Å². The molecule has 4 aromatic rings. The molecule has 0 fully saturated rings. The van der Waals surface area contributed by atoms with Crippen LogP contribution in [0.2, 0.25) is 0 Å². The number of anilines is 1. The molecule has 0 spiro atoms. The van der Waals surface area contributed by atoms with Crippen molar-refractivity contribution in [2.75, 3.05) is 5.01 Å². The van der Waals surface area contributed by atoms with Gasteiger partial charge in [-0.05, 0) is 54.3 Å². The predicted molar refractivity (Wildman–Crippen MR) is 115 cm³/mol. The first-order valence-electron chi connectivity index (χ1n) is 8.78. The van der Waals surface area contributed by atoms with E-state index in [1.807, 2.05) is 42.6 Å². The molecule has 0 bridgehead atoms. The Kier molecular flexibility index (Phi) is 5.40. The van der Waals surface area contributed by atoms with Crippen LogP contribution >= 0.6 is 22.7 Å². The number of carbonyl (C=O) groups is 1. The van der Waals surface area contributed by atoms with E-state index in [1.165, 1.54) is 41.0 Å². The molecular formula is C21H14F3N3OS2. The van der Waals surface area contributed by atoms with Crippen molar-refractivity contribution in [2.45, 2.75) is 13.1 Å². The molecule has 1 amide bonds. The van der Waals surface area contributed by atoms with E-state index in [9.17, 15) is 18.0 Å². The van der Waals surface area contributed by atoms with Crippen molar-refractivity contribution in [3.63, 3.8) is 0 Å². The van der Waals surface area contributed by atoms with E-state index in [0.29, 0.717) is 5.52 Å². The first-order chi connectivity index (χ1) is 14.3. The number of carbonyl (C=O) groups excluding carboxylic acids is 1. The lowest BCUT2D eigenvalue weighted by Crippen LogP contribution is -2.26. The number of hydrazone groups is 1. The van der Waals surface area contributed by atoms with Gasteiger partial charge in [0.1, 0.15) is 0 Å². The van der Waals surface area contributed by atoms with Gasteiger partial charge in [-0.15, -0.1) is 11.3 Å². The molecule has 30 heavy (non-hydrogen) atoms. The number of rotatable bonds is 4. The summed E-state index contributed by atoms with van der Waals surface area (Å²) >= 11 is 2.68. The highest BCUT2D eigenvalue weighted by atomic mass is 32.1. The summed E-state index contributed by atoms with van der Waals surface area (Å²) < 4.78 is 40.2. The third-order valence-corrected chi connectivity index (χ3v) is 5.99. The molecule has 0 atom stereocenters. The van der Waals surface area contributed by atoms with Crippen LogP contribution in [0.4, 0.5) is 18.3 Å². The summed E-state index contributed by atoms with van der Waals surface area (Å²) in [7, 11) is 0. The summed E-state index contributed by atoms with van der Waals surface area (Å²) in [5.74, 6) is -0.690. The monoisotopic (exact) mass is 445 g/mol. The first kappa shape index (κ1) is 20.2. The highest BCUT2D eigenvalue weighted by Crippen LogP contribution is 2.33. The van der Waals surface area contributed by atoms with E-state index in [2.05, 4.69) is 10.1 Å². The lowest BCUT2D eigenvalue weighted by molar-refractivity contribution is -0.137. The number of aryl methyl sites for hydroxylation is 1. The van der Waals surface area contributed by atoms with Gasteiger partial charge < -0.3 is 0 Å². The van der Waals surface area contributed by atoms with Gasteiger partial charge in [-0.2, -0.15) is 23.3 Å². The average Bonchev–Trinajstić information content (AvgIpc) is 3.37.